The zero-order valence-corrected chi connectivity index (χ0v) is 19.6. The molecule has 0 fully saturated rings. The van der Waals surface area contributed by atoms with Crippen LogP contribution in [0, 0.1) is 0 Å². The Morgan fingerprint density at radius 3 is 2.12 bits per heavy atom. The Morgan fingerprint density at radius 2 is 1.50 bits per heavy atom. The quantitative estimate of drug-likeness (QED) is 0.368. The summed E-state index contributed by atoms with van der Waals surface area (Å²) in [6.45, 7) is 7.90. The maximum absolute atomic E-state index is 9.96. The highest BCUT2D eigenvalue weighted by molar-refractivity contribution is 6.53. The topological polar surface area (TPSA) is 41.9 Å². The van der Waals surface area contributed by atoms with Crippen molar-refractivity contribution < 1.29 is 14.6 Å². The van der Waals surface area contributed by atoms with Crippen molar-refractivity contribution in [2.24, 2.45) is 0 Å². The van der Waals surface area contributed by atoms with Gasteiger partial charge in [-0.15, -0.1) is 0 Å². The molecule has 32 heavy (non-hydrogen) atoms. The minimum atomic E-state index is 0.0770. The summed E-state index contributed by atoms with van der Waals surface area (Å²) >= 11 is 6.92. The van der Waals surface area contributed by atoms with E-state index in [1.165, 1.54) is 7.11 Å². The van der Waals surface area contributed by atoms with E-state index in [0.717, 1.165) is 47.6 Å². The number of rotatable bonds is 10. The van der Waals surface area contributed by atoms with Crippen molar-refractivity contribution in [1.82, 2.24) is 4.90 Å². The summed E-state index contributed by atoms with van der Waals surface area (Å²) in [5.74, 6) is 1.29. The molecule has 0 saturated carbocycles. The van der Waals surface area contributed by atoms with Gasteiger partial charge in [0.2, 0.25) is 0 Å². The van der Waals surface area contributed by atoms with Gasteiger partial charge in [-0.3, -0.25) is 0 Å². The monoisotopic (exact) mass is 451 g/mol. The van der Waals surface area contributed by atoms with Crippen molar-refractivity contribution in [1.29, 1.82) is 0 Å². The van der Waals surface area contributed by atoms with Crippen molar-refractivity contribution in [3.63, 3.8) is 0 Å². The number of ether oxygens (including phenoxy) is 2. The summed E-state index contributed by atoms with van der Waals surface area (Å²) in [4.78, 5) is 2.33. The Bertz CT molecular complexity index is 1030. The molecule has 0 saturated heterocycles. The van der Waals surface area contributed by atoms with Gasteiger partial charge >= 0.3 is 0 Å². The second-order valence-electron chi connectivity index (χ2n) is 7.34. The largest absolute Gasteiger partial charge is 0.504 e. The SMILES string of the molecule is CCN(CC)CCOc1ccc(/C(=C(/Cl)c2ccc(O)c(OC)c2)c2ccccc2)cc1. The number of halogens is 1. The molecule has 0 atom stereocenters. The molecule has 0 aliphatic carbocycles. The first kappa shape index (κ1) is 23.7. The van der Waals surface area contributed by atoms with E-state index < -0.39 is 0 Å². The summed E-state index contributed by atoms with van der Waals surface area (Å²) in [5, 5.41) is 10.5. The third-order valence-electron chi connectivity index (χ3n) is 5.43. The summed E-state index contributed by atoms with van der Waals surface area (Å²) < 4.78 is 11.2. The highest BCUT2D eigenvalue weighted by Crippen LogP contribution is 2.38. The Balaban J connectivity index is 1.93. The van der Waals surface area contributed by atoms with Crippen LogP contribution >= 0.6 is 11.6 Å². The van der Waals surface area contributed by atoms with E-state index in [1.807, 2.05) is 54.6 Å². The highest BCUT2D eigenvalue weighted by Gasteiger charge is 2.14. The van der Waals surface area contributed by atoms with Gasteiger partial charge in [0.15, 0.2) is 11.5 Å². The van der Waals surface area contributed by atoms with Crippen molar-refractivity contribution in [3.05, 3.63) is 89.5 Å². The second-order valence-corrected chi connectivity index (χ2v) is 7.72. The van der Waals surface area contributed by atoms with Crippen molar-refractivity contribution >= 4 is 22.2 Å². The molecule has 0 unspecified atom stereocenters. The highest BCUT2D eigenvalue weighted by atomic mass is 35.5. The first-order valence-electron chi connectivity index (χ1n) is 10.9. The Labute approximate surface area is 195 Å². The van der Waals surface area contributed by atoms with Gasteiger partial charge in [-0.1, -0.05) is 67.9 Å². The van der Waals surface area contributed by atoms with Crippen molar-refractivity contribution in [3.8, 4) is 17.2 Å². The maximum Gasteiger partial charge on any atom is 0.161 e. The molecule has 3 aromatic carbocycles. The summed E-state index contributed by atoms with van der Waals surface area (Å²) in [6.07, 6.45) is 0. The van der Waals surface area contributed by atoms with E-state index in [0.29, 0.717) is 17.4 Å². The molecule has 0 radical (unpaired) electrons. The molecule has 168 valence electrons. The number of hydrogen-bond donors (Lipinski definition) is 1. The number of hydrogen-bond acceptors (Lipinski definition) is 4. The van der Waals surface area contributed by atoms with E-state index in [-0.39, 0.29) is 5.75 Å². The Kier molecular flexibility index (Phi) is 8.60. The van der Waals surface area contributed by atoms with E-state index >= 15 is 0 Å². The zero-order valence-electron chi connectivity index (χ0n) is 18.8. The van der Waals surface area contributed by atoms with Crippen LogP contribution in [0.4, 0.5) is 0 Å². The number of benzene rings is 3. The fourth-order valence-electron chi connectivity index (χ4n) is 3.53. The van der Waals surface area contributed by atoms with Crippen LogP contribution in [-0.2, 0) is 0 Å². The third kappa shape index (κ3) is 5.84. The molecule has 0 aromatic heterocycles. The standard InChI is InChI=1S/C27H30ClNO3/c1-4-29(5-2)17-18-32-23-14-11-21(12-15-23)26(20-9-7-6-8-10-20)27(28)22-13-16-24(30)25(19-22)31-3/h6-16,19,30H,4-5,17-18H2,1-3H3/b27-26+. The molecule has 0 aliphatic heterocycles. The molecule has 0 spiro atoms. The maximum atomic E-state index is 9.96. The lowest BCUT2D eigenvalue weighted by atomic mass is 9.95. The van der Waals surface area contributed by atoms with Gasteiger partial charge < -0.3 is 19.5 Å². The fraction of sp³-hybridized carbons (Fsp3) is 0.259. The van der Waals surface area contributed by atoms with Crippen LogP contribution in [0.2, 0.25) is 0 Å². The van der Waals surface area contributed by atoms with Gasteiger partial charge in [0.05, 0.1) is 12.1 Å². The number of phenols is 1. The molecular weight excluding hydrogens is 422 g/mol. The molecule has 1 N–H and O–H groups in total. The van der Waals surface area contributed by atoms with Crippen LogP contribution in [0.5, 0.6) is 17.2 Å². The average Bonchev–Trinajstić information content (AvgIpc) is 2.84. The van der Waals surface area contributed by atoms with Crippen molar-refractivity contribution in [2.45, 2.75) is 13.8 Å². The van der Waals surface area contributed by atoms with Gasteiger partial charge in [-0.2, -0.15) is 0 Å². The molecule has 4 nitrogen and oxygen atoms in total. The Morgan fingerprint density at radius 1 is 0.875 bits per heavy atom. The summed E-state index contributed by atoms with van der Waals surface area (Å²) in [5.41, 5.74) is 3.64. The van der Waals surface area contributed by atoms with E-state index in [1.54, 1.807) is 18.2 Å². The molecule has 0 amide bonds. The van der Waals surface area contributed by atoms with Crippen LogP contribution in [-0.4, -0.2) is 43.4 Å². The summed E-state index contributed by atoms with van der Waals surface area (Å²) in [6, 6.07) is 23.1. The molecule has 0 bridgehead atoms. The van der Waals surface area contributed by atoms with Gasteiger partial charge in [-0.05, 0) is 60.1 Å². The van der Waals surface area contributed by atoms with Gasteiger partial charge in [0.25, 0.3) is 0 Å². The normalized spacial score (nSPS) is 11.9. The lowest BCUT2D eigenvalue weighted by molar-refractivity contribution is 0.223. The number of methoxy groups -OCH3 is 1. The first-order chi connectivity index (χ1) is 15.6. The molecule has 5 heteroatoms. The van der Waals surface area contributed by atoms with Crippen LogP contribution < -0.4 is 9.47 Å². The number of phenolic OH excluding ortho intramolecular Hbond substituents is 1. The van der Waals surface area contributed by atoms with Crippen molar-refractivity contribution in [2.75, 3.05) is 33.4 Å². The third-order valence-corrected chi connectivity index (χ3v) is 5.84. The second kappa shape index (κ2) is 11.6. The van der Waals surface area contributed by atoms with E-state index in [4.69, 9.17) is 21.1 Å². The minimum Gasteiger partial charge on any atom is -0.504 e. The minimum absolute atomic E-state index is 0.0770. The first-order valence-corrected chi connectivity index (χ1v) is 11.2. The van der Waals surface area contributed by atoms with E-state index in [2.05, 4.69) is 18.7 Å². The molecule has 3 rings (SSSR count). The van der Waals surface area contributed by atoms with Gasteiger partial charge in [0, 0.05) is 12.1 Å². The summed E-state index contributed by atoms with van der Waals surface area (Å²) in [7, 11) is 1.52. The Hall–Kier alpha value is -2.95. The predicted molar refractivity (Wildman–Crippen MR) is 133 cm³/mol. The van der Waals surface area contributed by atoms with Crippen LogP contribution in [0.3, 0.4) is 0 Å². The number of likely N-dealkylation sites (N-methyl/N-ethyl adjacent to an activating group) is 1. The smallest absolute Gasteiger partial charge is 0.161 e. The van der Waals surface area contributed by atoms with Crippen LogP contribution in [0.15, 0.2) is 72.8 Å². The molecule has 0 heterocycles. The fourth-order valence-corrected chi connectivity index (χ4v) is 3.87. The van der Waals surface area contributed by atoms with Crippen LogP contribution in [0.25, 0.3) is 10.6 Å². The zero-order chi connectivity index (χ0) is 22.9. The van der Waals surface area contributed by atoms with Gasteiger partial charge in [-0.25, -0.2) is 0 Å². The lowest BCUT2D eigenvalue weighted by Gasteiger charge is -2.18. The predicted octanol–water partition coefficient (Wildman–Crippen LogP) is 6.28. The average molecular weight is 452 g/mol. The van der Waals surface area contributed by atoms with Gasteiger partial charge in [0.1, 0.15) is 12.4 Å². The number of aromatic hydroxyl groups is 1. The number of nitrogens with zero attached hydrogens (tertiary/aromatic N) is 1. The lowest BCUT2D eigenvalue weighted by Crippen LogP contribution is -2.27. The molecular formula is C27H30ClNO3. The van der Waals surface area contributed by atoms with Crippen LogP contribution in [0.1, 0.15) is 30.5 Å². The molecule has 3 aromatic rings. The molecule has 0 aliphatic rings. The van der Waals surface area contributed by atoms with E-state index in [9.17, 15) is 5.11 Å².